The first kappa shape index (κ1) is 21.7. The number of allylic oxidation sites excluding steroid dienone is 1. The molecule has 1 aliphatic heterocycles. The summed E-state index contributed by atoms with van der Waals surface area (Å²) in [5, 5.41) is 0. The van der Waals surface area contributed by atoms with E-state index in [0.29, 0.717) is 24.7 Å². The molecule has 7 heteroatoms. The number of unbranched alkanes of at least 4 members (excludes halogenated alkanes) is 2. The highest BCUT2D eigenvalue weighted by molar-refractivity contribution is 6.04. The van der Waals surface area contributed by atoms with E-state index in [4.69, 9.17) is 14.2 Å². The maximum absolute atomic E-state index is 9.34. The fraction of sp³-hybridized carbons (Fsp3) is 0.722. The largest absolute Gasteiger partial charge is 1.00 e. The summed E-state index contributed by atoms with van der Waals surface area (Å²) in [5.74, 6) is 1.45. The summed E-state index contributed by atoms with van der Waals surface area (Å²) in [6.45, 7) is 8.69. The number of morpholine rings is 1. The van der Waals surface area contributed by atoms with Crippen LogP contribution in [0, 0.1) is 0 Å². The number of hydrogen-bond donors (Lipinski definition) is 0. The third-order valence-electron chi connectivity index (χ3n) is 4.20. The highest BCUT2D eigenvalue weighted by atomic mass is 35.5. The number of halogens is 1. The van der Waals surface area contributed by atoms with Gasteiger partial charge in [-0.25, -0.2) is 0 Å². The number of nitrogens with zero attached hydrogens (tertiary/aromatic N) is 3. The van der Waals surface area contributed by atoms with Gasteiger partial charge in [0.05, 0.1) is 38.5 Å². The van der Waals surface area contributed by atoms with Gasteiger partial charge in [0, 0.05) is 13.1 Å². The Morgan fingerprint density at radius 2 is 1.80 bits per heavy atom. The molecule has 1 aliphatic carbocycles. The van der Waals surface area contributed by atoms with E-state index in [-0.39, 0.29) is 18.4 Å². The van der Waals surface area contributed by atoms with Crippen LogP contribution >= 0.6 is 0 Å². The summed E-state index contributed by atoms with van der Waals surface area (Å²) in [5.41, 5.74) is 9.77. The van der Waals surface area contributed by atoms with Crippen molar-refractivity contribution in [3.63, 3.8) is 0 Å². The number of ether oxygens (including phenoxy) is 3. The van der Waals surface area contributed by atoms with Crippen molar-refractivity contribution in [3.8, 4) is 0 Å². The predicted molar refractivity (Wildman–Crippen MR) is 92.7 cm³/mol. The molecule has 1 saturated heterocycles. The van der Waals surface area contributed by atoms with Crippen molar-refractivity contribution in [3.05, 3.63) is 29.2 Å². The SMILES string of the molecule is CCCCOC1=CC(N2CCOCC2)C(OCCCC)=CC1=[N+]=[N-].[Cl-]. The highest BCUT2D eigenvalue weighted by Crippen LogP contribution is 2.23. The van der Waals surface area contributed by atoms with Crippen LogP contribution in [-0.4, -0.2) is 61.0 Å². The Morgan fingerprint density at radius 1 is 1.16 bits per heavy atom. The third-order valence-corrected chi connectivity index (χ3v) is 4.20. The van der Waals surface area contributed by atoms with Crippen molar-refractivity contribution in [2.75, 3.05) is 39.5 Å². The van der Waals surface area contributed by atoms with Crippen molar-refractivity contribution in [1.82, 2.24) is 4.90 Å². The lowest BCUT2D eigenvalue weighted by Crippen LogP contribution is -3.00. The monoisotopic (exact) mass is 370 g/mol. The Hall–Kier alpha value is -1.33. The van der Waals surface area contributed by atoms with E-state index in [9.17, 15) is 5.53 Å². The van der Waals surface area contributed by atoms with Gasteiger partial charge in [0.15, 0.2) is 0 Å². The lowest BCUT2D eigenvalue weighted by atomic mass is 10.0. The minimum absolute atomic E-state index is 0. The van der Waals surface area contributed by atoms with Crippen LogP contribution in [0.5, 0.6) is 0 Å². The molecule has 0 amide bonds. The molecule has 2 aliphatic rings. The van der Waals surface area contributed by atoms with E-state index in [2.05, 4.69) is 23.5 Å². The fourth-order valence-corrected chi connectivity index (χ4v) is 2.73. The van der Waals surface area contributed by atoms with Crippen LogP contribution in [-0.2, 0) is 14.2 Å². The first-order valence-corrected chi connectivity index (χ1v) is 9.03. The van der Waals surface area contributed by atoms with Crippen LogP contribution in [0.25, 0.3) is 5.53 Å². The predicted octanol–water partition coefficient (Wildman–Crippen LogP) is -0.223. The zero-order valence-electron chi connectivity index (χ0n) is 15.2. The molecule has 1 fully saturated rings. The lowest BCUT2D eigenvalue weighted by Gasteiger charge is -2.35. The van der Waals surface area contributed by atoms with Gasteiger partial charge >= 0.3 is 5.71 Å². The Bertz CT molecular complexity index is 510. The molecular weight excluding hydrogens is 342 g/mol. The van der Waals surface area contributed by atoms with Gasteiger partial charge in [-0.3, -0.25) is 4.90 Å². The van der Waals surface area contributed by atoms with Gasteiger partial charge < -0.3 is 32.1 Å². The molecule has 0 bridgehead atoms. The molecule has 1 heterocycles. The van der Waals surface area contributed by atoms with Gasteiger partial charge in [-0.2, -0.15) is 4.79 Å². The van der Waals surface area contributed by atoms with E-state index in [0.717, 1.165) is 57.7 Å². The highest BCUT2D eigenvalue weighted by Gasteiger charge is 2.32. The second kappa shape index (κ2) is 12.1. The first-order valence-electron chi connectivity index (χ1n) is 9.03. The smallest absolute Gasteiger partial charge is 0.359 e. The van der Waals surface area contributed by atoms with Crippen LogP contribution < -0.4 is 12.4 Å². The lowest BCUT2D eigenvalue weighted by molar-refractivity contribution is -0.0108. The second-order valence-corrected chi connectivity index (χ2v) is 6.06. The molecule has 1 atom stereocenters. The summed E-state index contributed by atoms with van der Waals surface area (Å²) in [4.78, 5) is 5.71. The maximum Gasteiger partial charge on any atom is 0.359 e. The minimum Gasteiger partial charge on any atom is -1.00 e. The van der Waals surface area contributed by atoms with E-state index < -0.39 is 0 Å². The molecule has 0 N–H and O–H groups in total. The second-order valence-electron chi connectivity index (χ2n) is 6.06. The van der Waals surface area contributed by atoms with Crippen LogP contribution in [0.4, 0.5) is 0 Å². The van der Waals surface area contributed by atoms with Crippen LogP contribution in [0.1, 0.15) is 39.5 Å². The molecule has 1 unspecified atom stereocenters. The molecule has 0 spiro atoms. The van der Waals surface area contributed by atoms with Crippen molar-refractivity contribution >= 4 is 5.71 Å². The van der Waals surface area contributed by atoms with Crippen molar-refractivity contribution in [1.29, 1.82) is 0 Å². The topological polar surface area (TPSA) is 67.3 Å². The molecule has 25 heavy (non-hydrogen) atoms. The molecule has 142 valence electrons. The van der Waals surface area contributed by atoms with Crippen LogP contribution in [0.15, 0.2) is 23.7 Å². The molecule has 0 aromatic rings. The van der Waals surface area contributed by atoms with Crippen LogP contribution in [0.3, 0.4) is 0 Å². The molecule has 0 aromatic heterocycles. The van der Waals surface area contributed by atoms with Gasteiger partial charge in [-0.05, 0) is 18.9 Å². The third kappa shape index (κ3) is 6.48. The molecule has 0 radical (unpaired) electrons. The zero-order valence-corrected chi connectivity index (χ0v) is 16.0. The summed E-state index contributed by atoms with van der Waals surface area (Å²) in [6, 6.07) is 0.00730. The van der Waals surface area contributed by atoms with Gasteiger partial charge in [0.2, 0.25) is 5.76 Å². The quantitative estimate of drug-likeness (QED) is 0.319. The van der Waals surface area contributed by atoms with Gasteiger partial charge in [0.25, 0.3) is 0 Å². The van der Waals surface area contributed by atoms with Gasteiger partial charge in [-0.1, -0.05) is 26.7 Å². The molecule has 0 aromatic carbocycles. The minimum atomic E-state index is 0. The maximum atomic E-state index is 9.34. The van der Waals surface area contributed by atoms with Gasteiger partial charge in [0.1, 0.15) is 5.76 Å². The fourth-order valence-electron chi connectivity index (χ4n) is 2.73. The molecule has 2 rings (SSSR count). The summed E-state index contributed by atoms with van der Waals surface area (Å²) < 4.78 is 17.3. The van der Waals surface area contributed by atoms with Crippen LogP contribution in [0.2, 0.25) is 0 Å². The van der Waals surface area contributed by atoms with Crippen molar-refractivity contribution in [2.45, 2.75) is 45.6 Å². The zero-order chi connectivity index (χ0) is 17.2. The molecular formula is C18H29ClN3O3-. The summed E-state index contributed by atoms with van der Waals surface area (Å²) in [7, 11) is 0. The number of rotatable bonds is 9. The van der Waals surface area contributed by atoms with E-state index in [1.54, 1.807) is 6.08 Å². The van der Waals surface area contributed by atoms with E-state index >= 15 is 0 Å². The summed E-state index contributed by atoms with van der Waals surface area (Å²) in [6.07, 6.45) is 7.93. The average molecular weight is 371 g/mol. The molecule has 0 saturated carbocycles. The summed E-state index contributed by atoms with van der Waals surface area (Å²) >= 11 is 0. The standard InChI is InChI=1S/C18H29N3O3.ClH/c1-3-5-9-23-17-14-16(21-7-11-22-12-8-21)18(13-15(17)20-19)24-10-6-4-2;/h13-14,16H,3-12H2,1-2H3;1H/p-1. The first-order chi connectivity index (χ1) is 11.8. The number of hydrogen-bond acceptors (Lipinski definition) is 4. The van der Waals surface area contributed by atoms with E-state index in [1.165, 1.54) is 0 Å². The van der Waals surface area contributed by atoms with Crippen molar-refractivity contribution < 1.29 is 31.4 Å². The van der Waals surface area contributed by atoms with Gasteiger partial charge in [-0.15, -0.1) is 0 Å². The normalized spacial score (nSPS) is 20.9. The van der Waals surface area contributed by atoms with E-state index in [1.807, 2.05) is 6.08 Å². The molecule has 6 nitrogen and oxygen atoms in total. The Kier molecular flexibility index (Phi) is 10.5. The Balaban J connectivity index is 0.00000312. The Morgan fingerprint density at radius 3 is 2.40 bits per heavy atom. The Labute approximate surface area is 156 Å². The average Bonchev–Trinajstić information content (AvgIpc) is 2.63. The van der Waals surface area contributed by atoms with Crippen molar-refractivity contribution in [2.24, 2.45) is 0 Å².